The van der Waals surface area contributed by atoms with Crippen molar-refractivity contribution < 1.29 is 22.1 Å². The summed E-state index contributed by atoms with van der Waals surface area (Å²) in [6.45, 7) is 5.36. The van der Waals surface area contributed by atoms with Crippen LogP contribution in [0.15, 0.2) is 65.4 Å². The first kappa shape index (κ1) is 28.5. The molecule has 0 spiro atoms. The van der Waals surface area contributed by atoms with E-state index in [1.807, 2.05) is 13.0 Å². The molecule has 13 heteroatoms. The number of ether oxygens (including phenoxy) is 1. The first-order chi connectivity index (χ1) is 20.8. The van der Waals surface area contributed by atoms with Gasteiger partial charge in [-0.2, -0.15) is 0 Å². The van der Waals surface area contributed by atoms with Crippen molar-refractivity contribution in [3.8, 4) is 22.9 Å². The molecular weight excluding hydrogens is 573 g/mol. The van der Waals surface area contributed by atoms with Gasteiger partial charge in [0.1, 0.15) is 28.8 Å². The molecule has 11 nitrogen and oxygen atoms in total. The summed E-state index contributed by atoms with van der Waals surface area (Å²) in [5.41, 5.74) is 2.03. The molecule has 6 rings (SSSR count). The first-order valence-corrected chi connectivity index (χ1v) is 15.5. The van der Waals surface area contributed by atoms with Gasteiger partial charge in [-0.1, -0.05) is 17.3 Å². The van der Waals surface area contributed by atoms with E-state index in [0.29, 0.717) is 39.5 Å². The van der Waals surface area contributed by atoms with E-state index in [2.05, 4.69) is 30.5 Å². The van der Waals surface area contributed by atoms with Gasteiger partial charge in [0.15, 0.2) is 0 Å². The summed E-state index contributed by atoms with van der Waals surface area (Å²) in [5, 5.41) is 11.3. The fraction of sp³-hybridized carbons (Fsp3) is 0.267. The molecule has 0 bridgehead atoms. The zero-order valence-electron chi connectivity index (χ0n) is 23.6. The van der Waals surface area contributed by atoms with Crippen molar-refractivity contribution in [2.24, 2.45) is 0 Å². The van der Waals surface area contributed by atoms with Crippen LogP contribution in [0, 0.1) is 19.7 Å². The molecule has 222 valence electrons. The lowest BCUT2D eigenvalue weighted by molar-refractivity contribution is 0.392. The number of rotatable bonds is 9. The fourth-order valence-electron chi connectivity index (χ4n) is 5.07. The molecule has 5 aromatic rings. The maximum Gasteiger partial charge on any atom is 0.238 e. The lowest BCUT2D eigenvalue weighted by atomic mass is 10.0. The van der Waals surface area contributed by atoms with Crippen LogP contribution in [-0.4, -0.2) is 47.7 Å². The van der Waals surface area contributed by atoms with Crippen LogP contribution in [0.3, 0.4) is 0 Å². The predicted octanol–water partition coefficient (Wildman–Crippen LogP) is 5.33. The molecule has 1 unspecified atom stereocenters. The van der Waals surface area contributed by atoms with Gasteiger partial charge in [-0.05, 0) is 69.1 Å². The highest BCUT2D eigenvalue weighted by molar-refractivity contribution is 7.91. The molecule has 0 saturated carbocycles. The number of pyridine rings is 1. The summed E-state index contributed by atoms with van der Waals surface area (Å²) in [5.74, 6) is 0.481. The van der Waals surface area contributed by atoms with Crippen LogP contribution in [-0.2, 0) is 15.8 Å². The second-order valence-corrected chi connectivity index (χ2v) is 12.2. The van der Waals surface area contributed by atoms with Gasteiger partial charge in [0.25, 0.3) is 0 Å². The second kappa shape index (κ2) is 11.9. The Kier molecular flexibility index (Phi) is 7.91. The molecule has 2 aromatic carbocycles. The molecule has 1 fully saturated rings. The summed E-state index contributed by atoms with van der Waals surface area (Å²) >= 11 is 0. The topological polar surface area (TPSA) is 144 Å². The molecule has 1 saturated heterocycles. The van der Waals surface area contributed by atoms with Gasteiger partial charge < -0.3 is 19.9 Å². The number of hydrogen-bond acceptors (Lipinski definition) is 10. The molecule has 0 aliphatic carbocycles. The highest BCUT2D eigenvalue weighted by atomic mass is 32.2. The van der Waals surface area contributed by atoms with Crippen molar-refractivity contribution in [2.45, 2.75) is 38.5 Å². The van der Waals surface area contributed by atoms with Gasteiger partial charge in [-0.15, -0.1) is 0 Å². The minimum absolute atomic E-state index is 0.187. The summed E-state index contributed by atoms with van der Waals surface area (Å²) < 4.78 is 54.8. The van der Waals surface area contributed by atoms with E-state index in [-0.39, 0.29) is 23.3 Å². The molecular formula is C30H30FN7O4S. The Balaban J connectivity index is 1.33. The number of nitrogens with one attached hydrogen (secondary N) is 3. The maximum absolute atomic E-state index is 15.1. The van der Waals surface area contributed by atoms with Crippen LogP contribution in [0.2, 0.25) is 0 Å². The highest BCUT2D eigenvalue weighted by Gasteiger charge is 2.22. The molecule has 1 aliphatic heterocycles. The standard InChI is InChI=1S/C30H30FN7O4S/c1-18-7-8-22-23(9-10-25(31)27(22)38-43(39,40)17-21-15-19(2)42-37-21)28(18)41-29-24(6-4-13-33-29)26-11-14-34-30(36-26)35-20-5-3-12-32-16-20/h4,6-11,13-15,20,32,38H,3,5,12,16-17H2,1-2H3,(H,34,35,36). The quantitative estimate of drug-likeness (QED) is 0.202. The SMILES string of the molecule is Cc1cc(CS(=O)(=O)Nc2c(F)ccc3c(Oc4ncccc4-c4ccnc(NC5CCCNC5)n4)c(C)ccc23)no1. The Bertz CT molecular complexity index is 1890. The smallest absolute Gasteiger partial charge is 0.238 e. The molecule has 43 heavy (non-hydrogen) atoms. The Labute approximate surface area is 248 Å². The second-order valence-electron chi connectivity index (χ2n) is 10.4. The molecule has 4 heterocycles. The van der Waals surface area contributed by atoms with Crippen LogP contribution in [0.5, 0.6) is 11.6 Å². The van der Waals surface area contributed by atoms with E-state index in [9.17, 15) is 8.42 Å². The van der Waals surface area contributed by atoms with Crippen LogP contribution in [0.4, 0.5) is 16.0 Å². The van der Waals surface area contributed by atoms with E-state index in [1.54, 1.807) is 49.6 Å². The lowest BCUT2D eigenvalue weighted by Gasteiger charge is -2.23. The van der Waals surface area contributed by atoms with Gasteiger partial charge in [-0.25, -0.2) is 27.8 Å². The molecule has 0 amide bonds. The first-order valence-electron chi connectivity index (χ1n) is 13.8. The third-order valence-electron chi connectivity index (χ3n) is 7.10. The van der Waals surface area contributed by atoms with Crippen molar-refractivity contribution in [1.29, 1.82) is 0 Å². The number of anilines is 2. The number of aromatic nitrogens is 4. The van der Waals surface area contributed by atoms with Gasteiger partial charge in [-0.3, -0.25) is 4.72 Å². The fourth-order valence-corrected chi connectivity index (χ4v) is 6.19. The van der Waals surface area contributed by atoms with E-state index in [0.717, 1.165) is 31.5 Å². The number of hydrogen-bond donors (Lipinski definition) is 3. The van der Waals surface area contributed by atoms with Crippen molar-refractivity contribution in [3.05, 3.63) is 83.8 Å². The van der Waals surface area contributed by atoms with E-state index in [1.165, 1.54) is 12.1 Å². The molecule has 0 radical (unpaired) electrons. The lowest BCUT2D eigenvalue weighted by Crippen LogP contribution is -2.38. The number of benzene rings is 2. The highest BCUT2D eigenvalue weighted by Crippen LogP contribution is 2.39. The van der Waals surface area contributed by atoms with Crippen molar-refractivity contribution in [1.82, 2.24) is 25.4 Å². The number of sulfonamides is 1. The van der Waals surface area contributed by atoms with E-state index in [4.69, 9.17) is 14.2 Å². The van der Waals surface area contributed by atoms with E-state index >= 15 is 4.39 Å². The summed E-state index contributed by atoms with van der Waals surface area (Å²) in [4.78, 5) is 13.6. The van der Waals surface area contributed by atoms with Crippen molar-refractivity contribution in [2.75, 3.05) is 23.1 Å². The third kappa shape index (κ3) is 6.42. The normalized spacial score (nSPS) is 15.4. The number of piperidine rings is 1. The number of fused-ring (bicyclic) bond motifs is 1. The number of nitrogens with zero attached hydrogens (tertiary/aromatic N) is 4. The van der Waals surface area contributed by atoms with Gasteiger partial charge in [0, 0.05) is 41.8 Å². The number of halogens is 1. The Morgan fingerprint density at radius 3 is 2.74 bits per heavy atom. The summed E-state index contributed by atoms with van der Waals surface area (Å²) in [6, 6.07) is 13.3. The molecule has 3 N–H and O–H groups in total. The zero-order chi connectivity index (χ0) is 30.0. The molecule has 3 aromatic heterocycles. The van der Waals surface area contributed by atoms with Gasteiger partial charge >= 0.3 is 0 Å². The van der Waals surface area contributed by atoms with Crippen LogP contribution in [0.25, 0.3) is 22.0 Å². The van der Waals surface area contributed by atoms with Crippen LogP contribution < -0.4 is 20.1 Å². The minimum Gasteiger partial charge on any atom is -0.437 e. The minimum atomic E-state index is -4.02. The maximum atomic E-state index is 15.1. The van der Waals surface area contributed by atoms with Crippen molar-refractivity contribution in [3.63, 3.8) is 0 Å². The third-order valence-corrected chi connectivity index (χ3v) is 8.29. The van der Waals surface area contributed by atoms with Crippen LogP contribution >= 0.6 is 0 Å². The van der Waals surface area contributed by atoms with Crippen molar-refractivity contribution >= 4 is 32.4 Å². The summed E-state index contributed by atoms with van der Waals surface area (Å²) in [7, 11) is -4.02. The zero-order valence-corrected chi connectivity index (χ0v) is 24.4. The molecule has 1 aliphatic rings. The summed E-state index contributed by atoms with van der Waals surface area (Å²) in [6.07, 6.45) is 5.40. The average Bonchev–Trinajstić information content (AvgIpc) is 3.40. The van der Waals surface area contributed by atoms with Crippen LogP contribution in [0.1, 0.15) is 29.9 Å². The Morgan fingerprint density at radius 2 is 1.95 bits per heavy atom. The van der Waals surface area contributed by atoms with Gasteiger partial charge in [0.2, 0.25) is 21.9 Å². The van der Waals surface area contributed by atoms with Gasteiger partial charge in [0.05, 0.1) is 16.9 Å². The largest absolute Gasteiger partial charge is 0.437 e. The Morgan fingerprint density at radius 1 is 1.09 bits per heavy atom. The monoisotopic (exact) mass is 603 g/mol. The molecule has 1 atom stereocenters. The predicted molar refractivity (Wildman–Crippen MR) is 161 cm³/mol. The van der Waals surface area contributed by atoms with E-state index < -0.39 is 21.6 Å². The number of aryl methyl sites for hydroxylation is 2. The Hall–Kier alpha value is -4.62. The average molecular weight is 604 g/mol.